The Bertz CT molecular complexity index is 466. The zero-order valence-corrected chi connectivity index (χ0v) is 13.5. The predicted molar refractivity (Wildman–Crippen MR) is 80.2 cm³/mol. The Labute approximate surface area is 127 Å². The van der Waals surface area contributed by atoms with Gasteiger partial charge in [-0.3, -0.25) is 4.79 Å². The molecule has 2 heterocycles. The zero-order chi connectivity index (χ0) is 15.5. The molecule has 0 aromatic heterocycles. The molecule has 2 saturated heterocycles. The number of rotatable bonds is 5. The van der Waals surface area contributed by atoms with Crippen molar-refractivity contribution in [1.82, 2.24) is 8.61 Å². The van der Waals surface area contributed by atoms with Crippen molar-refractivity contribution in [2.24, 2.45) is 0 Å². The number of carboxylic acids is 1. The summed E-state index contributed by atoms with van der Waals surface area (Å²) in [5.74, 6) is -0.857. The van der Waals surface area contributed by atoms with E-state index in [-0.39, 0.29) is 18.5 Å². The topological polar surface area (TPSA) is 77.9 Å². The van der Waals surface area contributed by atoms with E-state index in [0.29, 0.717) is 19.5 Å². The third-order valence-corrected chi connectivity index (χ3v) is 6.81. The largest absolute Gasteiger partial charge is 0.481 e. The molecule has 1 N–H and O–H groups in total. The fraction of sp³-hybridized carbons (Fsp3) is 0.929. The molecule has 2 aliphatic heterocycles. The van der Waals surface area contributed by atoms with Crippen molar-refractivity contribution < 1.29 is 18.3 Å². The Kier molecular flexibility index (Phi) is 5.62. The first-order valence-electron chi connectivity index (χ1n) is 7.93. The van der Waals surface area contributed by atoms with Gasteiger partial charge in [-0.15, -0.1) is 0 Å². The van der Waals surface area contributed by atoms with Gasteiger partial charge in [-0.2, -0.15) is 17.0 Å². The van der Waals surface area contributed by atoms with Gasteiger partial charge in [0.05, 0.1) is 0 Å². The van der Waals surface area contributed by atoms with E-state index in [1.54, 1.807) is 8.61 Å². The van der Waals surface area contributed by atoms with Crippen LogP contribution in [0.2, 0.25) is 0 Å². The summed E-state index contributed by atoms with van der Waals surface area (Å²) in [6.07, 6.45) is 5.97. The third kappa shape index (κ3) is 3.96. The predicted octanol–water partition coefficient (Wildman–Crippen LogP) is 1.82. The lowest BCUT2D eigenvalue weighted by atomic mass is 10.0. The van der Waals surface area contributed by atoms with Gasteiger partial charge in [-0.1, -0.05) is 12.8 Å². The molecule has 6 nitrogen and oxygen atoms in total. The summed E-state index contributed by atoms with van der Waals surface area (Å²) in [5.41, 5.74) is 0. The number of carbonyl (C=O) groups is 1. The van der Waals surface area contributed by atoms with E-state index in [1.807, 2.05) is 6.92 Å². The van der Waals surface area contributed by atoms with Crippen molar-refractivity contribution in [1.29, 1.82) is 0 Å². The van der Waals surface area contributed by atoms with Crippen molar-refractivity contribution in [3.8, 4) is 0 Å². The maximum Gasteiger partial charge on any atom is 0.303 e. The molecule has 2 aliphatic rings. The van der Waals surface area contributed by atoms with Crippen LogP contribution in [0.4, 0.5) is 0 Å². The highest BCUT2D eigenvalue weighted by Gasteiger charge is 2.39. The van der Waals surface area contributed by atoms with E-state index in [2.05, 4.69) is 0 Å². The molecule has 2 fully saturated rings. The minimum Gasteiger partial charge on any atom is -0.481 e. The summed E-state index contributed by atoms with van der Waals surface area (Å²) in [4.78, 5) is 10.8. The second-order valence-corrected chi connectivity index (χ2v) is 7.99. The third-order valence-electron chi connectivity index (χ3n) is 4.60. The summed E-state index contributed by atoms with van der Waals surface area (Å²) in [6.45, 7) is 3.08. The first kappa shape index (κ1) is 16.7. The van der Waals surface area contributed by atoms with Crippen LogP contribution in [0.5, 0.6) is 0 Å². The van der Waals surface area contributed by atoms with E-state index >= 15 is 0 Å². The van der Waals surface area contributed by atoms with Crippen LogP contribution in [0.25, 0.3) is 0 Å². The zero-order valence-electron chi connectivity index (χ0n) is 12.7. The van der Waals surface area contributed by atoms with Gasteiger partial charge < -0.3 is 5.11 Å². The fourth-order valence-corrected chi connectivity index (χ4v) is 5.54. The Morgan fingerprint density at radius 1 is 1.10 bits per heavy atom. The first-order valence-corrected chi connectivity index (χ1v) is 9.33. The second kappa shape index (κ2) is 7.07. The minimum absolute atomic E-state index is 0.0340. The maximum absolute atomic E-state index is 12.9. The average Bonchev–Trinajstić information content (AvgIpc) is 2.45. The van der Waals surface area contributed by atoms with Crippen molar-refractivity contribution in [2.75, 3.05) is 13.1 Å². The molecule has 7 heteroatoms. The molecular formula is C14H26N2O4S. The maximum atomic E-state index is 12.9. The molecule has 2 atom stereocenters. The molecule has 0 aromatic rings. The summed E-state index contributed by atoms with van der Waals surface area (Å²) in [6, 6.07) is -0.111. The summed E-state index contributed by atoms with van der Waals surface area (Å²) < 4.78 is 29.0. The molecule has 0 saturated carbocycles. The lowest BCUT2D eigenvalue weighted by Crippen LogP contribution is -2.54. The number of carboxylic acid groups (broad SMARTS) is 1. The Hall–Kier alpha value is -0.660. The van der Waals surface area contributed by atoms with Crippen LogP contribution in [0, 0.1) is 0 Å². The highest BCUT2D eigenvalue weighted by atomic mass is 32.2. The van der Waals surface area contributed by atoms with Crippen molar-refractivity contribution in [3.63, 3.8) is 0 Å². The van der Waals surface area contributed by atoms with Gasteiger partial charge in [0.25, 0.3) is 10.2 Å². The van der Waals surface area contributed by atoms with Gasteiger partial charge >= 0.3 is 5.97 Å². The molecule has 0 spiro atoms. The standard InChI is InChI=1S/C14H26N2O4S/c1-12-6-2-4-10-15(12)21(19,20)16-11-5-3-7-13(16)8-9-14(17)18/h12-13H,2-11H2,1H3,(H,17,18). The van der Waals surface area contributed by atoms with Crippen molar-refractivity contribution >= 4 is 16.2 Å². The van der Waals surface area contributed by atoms with E-state index < -0.39 is 16.2 Å². The SMILES string of the molecule is CC1CCCCN1S(=O)(=O)N1CCCCC1CCC(=O)O. The van der Waals surface area contributed by atoms with Crippen LogP contribution >= 0.6 is 0 Å². The van der Waals surface area contributed by atoms with E-state index in [4.69, 9.17) is 5.11 Å². The molecule has 2 rings (SSSR count). The number of nitrogens with zero attached hydrogens (tertiary/aromatic N) is 2. The van der Waals surface area contributed by atoms with Crippen LogP contribution in [-0.2, 0) is 15.0 Å². The normalized spacial score (nSPS) is 29.4. The minimum atomic E-state index is -3.46. The molecule has 0 bridgehead atoms. The van der Waals surface area contributed by atoms with E-state index in [9.17, 15) is 13.2 Å². The van der Waals surface area contributed by atoms with Gasteiger partial charge in [0.15, 0.2) is 0 Å². The number of aliphatic carboxylic acids is 1. The smallest absolute Gasteiger partial charge is 0.303 e. The van der Waals surface area contributed by atoms with Gasteiger partial charge in [0.2, 0.25) is 0 Å². The molecule has 0 aromatic carbocycles. The number of hydrogen-bond acceptors (Lipinski definition) is 3. The summed E-state index contributed by atoms with van der Waals surface area (Å²) >= 11 is 0. The van der Waals surface area contributed by atoms with Crippen LogP contribution in [0.1, 0.15) is 58.3 Å². The Morgan fingerprint density at radius 3 is 2.33 bits per heavy atom. The first-order chi connectivity index (χ1) is 9.93. The average molecular weight is 318 g/mol. The molecule has 0 aliphatic carbocycles. The Balaban J connectivity index is 2.12. The fourth-order valence-electron chi connectivity index (χ4n) is 3.41. The Morgan fingerprint density at radius 2 is 1.71 bits per heavy atom. The lowest BCUT2D eigenvalue weighted by Gasteiger charge is -2.41. The highest BCUT2D eigenvalue weighted by Crippen LogP contribution is 2.29. The van der Waals surface area contributed by atoms with Crippen molar-refractivity contribution in [2.45, 2.75) is 70.4 Å². The quantitative estimate of drug-likeness (QED) is 0.839. The van der Waals surface area contributed by atoms with Crippen LogP contribution in [0.3, 0.4) is 0 Å². The van der Waals surface area contributed by atoms with Gasteiger partial charge in [-0.05, 0) is 39.0 Å². The molecule has 0 amide bonds. The van der Waals surface area contributed by atoms with Crippen LogP contribution < -0.4 is 0 Å². The van der Waals surface area contributed by atoms with Crippen LogP contribution in [0.15, 0.2) is 0 Å². The van der Waals surface area contributed by atoms with Crippen molar-refractivity contribution in [3.05, 3.63) is 0 Å². The summed E-state index contributed by atoms with van der Waals surface area (Å²) in [7, 11) is -3.46. The van der Waals surface area contributed by atoms with E-state index in [0.717, 1.165) is 38.5 Å². The molecule has 122 valence electrons. The summed E-state index contributed by atoms with van der Waals surface area (Å²) in [5, 5.41) is 8.85. The molecular weight excluding hydrogens is 292 g/mol. The second-order valence-electron chi connectivity index (χ2n) is 6.16. The molecule has 21 heavy (non-hydrogen) atoms. The van der Waals surface area contributed by atoms with Gasteiger partial charge in [0.1, 0.15) is 0 Å². The van der Waals surface area contributed by atoms with Gasteiger partial charge in [0, 0.05) is 31.6 Å². The van der Waals surface area contributed by atoms with Gasteiger partial charge in [-0.25, -0.2) is 0 Å². The monoisotopic (exact) mass is 318 g/mol. The molecule has 2 unspecified atom stereocenters. The highest BCUT2D eigenvalue weighted by molar-refractivity contribution is 7.86. The van der Waals surface area contributed by atoms with Crippen LogP contribution in [-0.4, -0.2) is 53.3 Å². The number of piperidine rings is 2. The molecule has 0 radical (unpaired) electrons. The number of hydrogen-bond donors (Lipinski definition) is 1. The van der Waals surface area contributed by atoms with E-state index in [1.165, 1.54) is 0 Å². The lowest BCUT2D eigenvalue weighted by molar-refractivity contribution is -0.137.